The number of ether oxygens (including phenoxy) is 3. The van der Waals surface area contributed by atoms with Gasteiger partial charge in [0.05, 0.1) is 31.0 Å². The van der Waals surface area contributed by atoms with Crippen LogP contribution in [0.25, 0.3) is 10.2 Å². The molecule has 0 aliphatic carbocycles. The molecule has 6 nitrogen and oxygen atoms in total. The van der Waals surface area contributed by atoms with Gasteiger partial charge < -0.3 is 18.8 Å². The summed E-state index contributed by atoms with van der Waals surface area (Å²) in [4.78, 5) is 17.5. The van der Waals surface area contributed by atoms with E-state index in [0.717, 1.165) is 16.0 Å². The van der Waals surface area contributed by atoms with E-state index >= 15 is 0 Å². The lowest BCUT2D eigenvalue weighted by Crippen LogP contribution is -2.13. The van der Waals surface area contributed by atoms with Crippen molar-refractivity contribution in [1.82, 2.24) is 4.57 Å². The fourth-order valence-electron chi connectivity index (χ4n) is 2.56. The Morgan fingerprint density at radius 3 is 2.38 bits per heavy atom. The van der Waals surface area contributed by atoms with Gasteiger partial charge in [-0.15, -0.1) is 0 Å². The molecule has 3 aromatic rings. The molecule has 0 spiro atoms. The van der Waals surface area contributed by atoms with Crippen molar-refractivity contribution in [1.29, 1.82) is 0 Å². The molecular weight excluding hydrogens is 352 g/mol. The van der Waals surface area contributed by atoms with Crippen molar-refractivity contribution in [2.75, 3.05) is 20.8 Å². The zero-order valence-electron chi connectivity index (χ0n) is 15.1. The average molecular weight is 372 g/mol. The van der Waals surface area contributed by atoms with Gasteiger partial charge in [0.15, 0.2) is 4.80 Å². The van der Waals surface area contributed by atoms with Gasteiger partial charge in [0, 0.05) is 18.7 Å². The number of aromatic nitrogens is 1. The number of hydrogen-bond acceptors (Lipinski definition) is 5. The lowest BCUT2D eigenvalue weighted by Gasteiger charge is -2.05. The van der Waals surface area contributed by atoms with E-state index in [1.54, 1.807) is 32.4 Å². The van der Waals surface area contributed by atoms with E-state index in [1.165, 1.54) is 11.3 Å². The zero-order valence-corrected chi connectivity index (χ0v) is 15.9. The number of fused-ring (bicyclic) bond motifs is 1. The summed E-state index contributed by atoms with van der Waals surface area (Å²) in [6.07, 6.45) is 0. The van der Waals surface area contributed by atoms with Gasteiger partial charge in [0.25, 0.3) is 5.91 Å². The Morgan fingerprint density at radius 2 is 1.77 bits per heavy atom. The minimum absolute atomic E-state index is 0.352. The summed E-state index contributed by atoms with van der Waals surface area (Å²) < 4.78 is 18.9. The standard InChI is InChI=1S/C19H20N2O4S/c1-5-25-13-6-7-16-17(11-13)26-19(21(16)2)20-18(22)12-8-14(23-3)10-15(9-12)24-4/h6-11H,5H2,1-4H3. The normalized spacial score (nSPS) is 11.6. The molecule has 0 bridgehead atoms. The Morgan fingerprint density at radius 1 is 1.08 bits per heavy atom. The van der Waals surface area contributed by atoms with Gasteiger partial charge in [0.2, 0.25) is 0 Å². The molecule has 2 aromatic carbocycles. The Bertz CT molecular complexity index is 998. The number of methoxy groups -OCH3 is 2. The lowest BCUT2D eigenvalue weighted by molar-refractivity contribution is 0.0997. The summed E-state index contributed by atoms with van der Waals surface area (Å²) >= 11 is 1.44. The van der Waals surface area contributed by atoms with Gasteiger partial charge in [-0.25, -0.2) is 0 Å². The van der Waals surface area contributed by atoms with E-state index in [-0.39, 0.29) is 5.91 Å². The Balaban J connectivity index is 2.04. The molecule has 0 unspecified atom stereocenters. The van der Waals surface area contributed by atoms with Crippen molar-refractivity contribution in [3.05, 3.63) is 46.8 Å². The van der Waals surface area contributed by atoms with Gasteiger partial charge in [-0.2, -0.15) is 4.99 Å². The van der Waals surface area contributed by atoms with E-state index in [9.17, 15) is 4.79 Å². The van der Waals surface area contributed by atoms with Crippen LogP contribution in [0, 0.1) is 0 Å². The molecule has 1 amide bonds. The molecule has 0 radical (unpaired) electrons. The first-order valence-corrected chi connectivity index (χ1v) is 8.92. The highest BCUT2D eigenvalue weighted by molar-refractivity contribution is 7.16. The molecule has 0 fully saturated rings. The summed E-state index contributed by atoms with van der Waals surface area (Å²) in [7, 11) is 4.97. The first-order chi connectivity index (χ1) is 12.5. The van der Waals surface area contributed by atoms with Crippen LogP contribution in [-0.2, 0) is 7.05 Å². The number of nitrogens with zero attached hydrogens (tertiary/aromatic N) is 2. The third-order valence-corrected chi connectivity index (χ3v) is 4.98. The van der Waals surface area contributed by atoms with Gasteiger partial charge >= 0.3 is 0 Å². The van der Waals surface area contributed by atoms with Gasteiger partial charge in [-0.1, -0.05) is 11.3 Å². The average Bonchev–Trinajstić information content (AvgIpc) is 2.96. The molecule has 0 aliphatic rings. The maximum atomic E-state index is 12.6. The van der Waals surface area contributed by atoms with Crippen LogP contribution < -0.4 is 19.0 Å². The van der Waals surface area contributed by atoms with Crippen molar-refractivity contribution < 1.29 is 19.0 Å². The van der Waals surface area contributed by atoms with Crippen LogP contribution in [0.2, 0.25) is 0 Å². The monoisotopic (exact) mass is 372 g/mol. The minimum atomic E-state index is -0.352. The molecule has 1 heterocycles. The van der Waals surface area contributed by atoms with E-state index < -0.39 is 0 Å². The topological polar surface area (TPSA) is 62.1 Å². The van der Waals surface area contributed by atoms with Crippen LogP contribution in [-0.4, -0.2) is 31.3 Å². The SMILES string of the molecule is CCOc1ccc2c(c1)sc(=NC(=O)c1cc(OC)cc(OC)c1)n2C. The van der Waals surface area contributed by atoms with Gasteiger partial charge in [-0.05, 0) is 37.3 Å². The number of hydrogen-bond donors (Lipinski definition) is 0. The molecule has 0 atom stereocenters. The predicted octanol–water partition coefficient (Wildman–Crippen LogP) is 3.40. The van der Waals surface area contributed by atoms with Crippen LogP contribution in [0.1, 0.15) is 17.3 Å². The number of carbonyl (C=O) groups excluding carboxylic acids is 1. The first-order valence-electron chi connectivity index (χ1n) is 8.10. The molecule has 0 N–H and O–H groups in total. The van der Waals surface area contributed by atoms with Crippen LogP contribution in [0.5, 0.6) is 17.2 Å². The van der Waals surface area contributed by atoms with Crippen molar-refractivity contribution in [2.45, 2.75) is 6.92 Å². The second kappa shape index (κ2) is 7.61. The number of carbonyl (C=O) groups is 1. The van der Waals surface area contributed by atoms with E-state index in [4.69, 9.17) is 14.2 Å². The molecule has 26 heavy (non-hydrogen) atoms. The number of aryl methyl sites for hydroxylation is 1. The Kier molecular flexibility index (Phi) is 5.27. The van der Waals surface area contributed by atoms with Crippen molar-refractivity contribution >= 4 is 27.5 Å². The molecule has 0 aliphatic heterocycles. The largest absolute Gasteiger partial charge is 0.497 e. The third-order valence-electron chi connectivity index (χ3n) is 3.89. The van der Waals surface area contributed by atoms with Gasteiger partial charge in [0.1, 0.15) is 17.2 Å². The molecule has 0 saturated heterocycles. The lowest BCUT2D eigenvalue weighted by atomic mass is 10.2. The van der Waals surface area contributed by atoms with E-state index in [2.05, 4.69) is 4.99 Å². The maximum absolute atomic E-state index is 12.6. The summed E-state index contributed by atoms with van der Waals surface area (Å²) in [6.45, 7) is 2.55. The number of amides is 1. The van der Waals surface area contributed by atoms with Crippen molar-refractivity contribution in [2.24, 2.45) is 12.0 Å². The third kappa shape index (κ3) is 3.57. The smallest absolute Gasteiger partial charge is 0.279 e. The van der Waals surface area contributed by atoms with Crippen LogP contribution in [0.3, 0.4) is 0 Å². The summed E-state index contributed by atoms with van der Waals surface area (Å²) in [5.41, 5.74) is 1.40. The quantitative estimate of drug-likeness (QED) is 0.689. The molecule has 3 rings (SSSR count). The molecular formula is C19H20N2O4S. The summed E-state index contributed by atoms with van der Waals surface area (Å²) in [5.74, 6) is 1.54. The van der Waals surface area contributed by atoms with Gasteiger partial charge in [-0.3, -0.25) is 4.79 Å². The molecule has 1 aromatic heterocycles. The summed E-state index contributed by atoms with van der Waals surface area (Å²) in [6, 6.07) is 10.8. The Labute approximate surface area is 155 Å². The molecule has 7 heteroatoms. The fraction of sp³-hybridized carbons (Fsp3) is 0.263. The fourth-order valence-corrected chi connectivity index (χ4v) is 3.60. The van der Waals surface area contributed by atoms with E-state index in [0.29, 0.717) is 28.5 Å². The highest BCUT2D eigenvalue weighted by Crippen LogP contribution is 2.24. The van der Waals surface area contributed by atoms with Crippen LogP contribution in [0.15, 0.2) is 41.4 Å². The predicted molar refractivity (Wildman–Crippen MR) is 101 cm³/mol. The van der Waals surface area contributed by atoms with Crippen molar-refractivity contribution in [3.63, 3.8) is 0 Å². The van der Waals surface area contributed by atoms with Crippen molar-refractivity contribution in [3.8, 4) is 17.2 Å². The second-order valence-electron chi connectivity index (χ2n) is 5.52. The zero-order chi connectivity index (χ0) is 18.7. The minimum Gasteiger partial charge on any atom is -0.497 e. The molecule has 136 valence electrons. The molecule has 0 saturated carbocycles. The summed E-state index contributed by atoms with van der Waals surface area (Å²) in [5, 5.41) is 0. The Hall–Kier alpha value is -2.80. The highest BCUT2D eigenvalue weighted by Gasteiger charge is 2.11. The number of benzene rings is 2. The second-order valence-corrected chi connectivity index (χ2v) is 6.53. The van der Waals surface area contributed by atoms with Crippen LogP contribution >= 0.6 is 11.3 Å². The van der Waals surface area contributed by atoms with Crippen LogP contribution in [0.4, 0.5) is 0 Å². The maximum Gasteiger partial charge on any atom is 0.279 e. The number of rotatable bonds is 5. The highest BCUT2D eigenvalue weighted by atomic mass is 32.1. The van der Waals surface area contributed by atoms with E-state index in [1.807, 2.05) is 36.7 Å². The number of thiazole rings is 1. The first kappa shape index (κ1) is 18.0.